The molecule has 0 fully saturated rings. The van der Waals surface area contributed by atoms with Crippen molar-refractivity contribution in [3.63, 3.8) is 0 Å². The third-order valence-electron chi connectivity index (χ3n) is 2.27. The predicted molar refractivity (Wildman–Crippen MR) is 60.9 cm³/mol. The first-order chi connectivity index (χ1) is 7.77. The molecular weight excluding hydrogens is 204 g/mol. The van der Waals surface area contributed by atoms with E-state index in [0.717, 1.165) is 5.56 Å². The molecule has 1 aromatic carbocycles. The fourth-order valence-electron chi connectivity index (χ4n) is 1.51. The quantitative estimate of drug-likeness (QED) is 0.429. The van der Waals surface area contributed by atoms with E-state index in [0.29, 0.717) is 0 Å². The van der Waals surface area contributed by atoms with Gasteiger partial charge >= 0.3 is 6.17 Å². The van der Waals surface area contributed by atoms with E-state index in [4.69, 9.17) is 0 Å². The maximum atomic E-state index is 10.8. The van der Waals surface area contributed by atoms with Crippen LogP contribution in [0.5, 0.6) is 0 Å². The Balaban J connectivity index is 2.32. The van der Waals surface area contributed by atoms with Gasteiger partial charge in [-0.15, -0.1) is 4.58 Å². The minimum absolute atomic E-state index is 0.320. The molecule has 2 rings (SSSR count). The predicted octanol–water partition coefficient (Wildman–Crippen LogP) is 1.80. The molecule has 0 saturated carbocycles. The van der Waals surface area contributed by atoms with Crippen LogP contribution in [0.15, 0.2) is 54.8 Å². The number of nitro groups is 1. The molecule has 0 N–H and O–H groups in total. The lowest BCUT2D eigenvalue weighted by Gasteiger charge is -2.03. The van der Waals surface area contributed by atoms with Gasteiger partial charge in [0.05, 0.1) is 11.0 Å². The molecule has 0 aromatic heterocycles. The van der Waals surface area contributed by atoms with E-state index in [-0.39, 0.29) is 4.92 Å². The lowest BCUT2D eigenvalue weighted by Crippen LogP contribution is -2.30. The van der Waals surface area contributed by atoms with Crippen LogP contribution in [0.1, 0.15) is 5.56 Å². The van der Waals surface area contributed by atoms with Gasteiger partial charge in [0.1, 0.15) is 0 Å². The van der Waals surface area contributed by atoms with Crippen LogP contribution in [-0.4, -0.2) is 21.9 Å². The molecule has 1 heterocycles. The van der Waals surface area contributed by atoms with Crippen molar-refractivity contribution in [3.05, 3.63) is 70.4 Å². The van der Waals surface area contributed by atoms with Gasteiger partial charge in [0, 0.05) is 11.6 Å². The number of hydrogen-bond acceptors (Lipinski definition) is 2. The third-order valence-corrected chi connectivity index (χ3v) is 2.27. The Labute approximate surface area is 93.0 Å². The summed E-state index contributed by atoms with van der Waals surface area (Å²) >= 11 is 0. The van der Waals surface area contributed by atoms with Gasteiger partial charge in [-0.2, -0.15) is 0 Å². The standard InChI is InChI=1S/C12H11N2O2/c15-14(16)12-8-4-5-9-13(12)10-11-6-2-1-3-7-11/h1-10,12H/q+1. The molecule has 16 heavy (non-hydrogen) atoms. The van der Waals surface area contributed by atoms with E-state index in [1.165, 1.54) is 0 Å². The highest BCUT2D eigenvalue weighted by atomic mass is 16.6. The second kappa shape index (κ2) is 4.53. The van der Waals surface area contributed by atoms with Crippen molar-refractivity contribution >= 4 is 6.21 Å². The van der Waals surface area contributed by atoms with E-state index in [2.05, 4.69) is 0 Å². The maximum absolute atomic E-state index is 10.8. The minimum atomic E-state index is -0.815. The molecule has 0 radical (unpaired) electrons. The van der Waals surface area contributed by atoms with Crippen molar-refractivity contribution in [2.24, 2.45) is 0 Å². The summed E-state index contributed by atoms with van der Waals surface area (Å²) in [5.74, 6) is 0. The molecule has 4 heteroatoms. The van der Waals surface area contributed by atoms with Crippen molar-refractivity contribution in [3.8, 4) is 0 Å². The van der Waals surface area contributed by atoms with E-state index >= 15 is 0 Å². The molecule has 1 unspecified atom stereocenters. The first-order valence-electron chi connectivity index (χ1n) is 4.93. The van der Waals surface area contributed by atoms with E-state index < -0.39 is 6.17 Å². The van der Waals surface area contributed by atoms with Gasteiger partial charge in [-0.1, -0.05) is 18.2 Å². The molecule has 1 aromatic rings. The zero-order chi connectivity index (χ0) is 11.4. The first kappa shape index (κ1) is 10.3. The van der Waals surface area contributed by atoms with Crippen LogP contribution in [0.3, 0.4) is 0 Å². The first-order valence-corrected chi connectivity index (χ1v) is 4.93. The number of nitrogens with zero attached hydrogens (tertiary/aromatic N) is 2. The van der Waals surface area contributed by atoms with E-state index in [1.54, 1.807) is 35.2 Å². The van der Waals surface area contributed by atoms with Crippen molar-refractivity contribution in [1.82, 2.24) is 0 Å². The molecule has 4 nitrogen and oxygen atoms in total. The summed E-state index contributed by atoms with van der Waals surface area (Å²) in [7, 11) is 0. The average Bonchev–Trinajstić information content (AvgIpc) is 2.31. The summed E-state index contributed by atoms with van der Waals surface area (Å²) in [6.45, 7) is 0. The molecule has 0 bridgehead atoms. The van der Waals surface area contributed by atoms with Gasteiger partial charge < -0.3 is 0 Å². The monoisotopic (exact) mass is 215 g/mol. The van der Waals surface area contributed by atoms with Crippen LogP contribution in [0.4, 0.5) is 0 Å². The third kappa shape index (κ3) is 2.23. The molecule has 0 amide bonds. The van der Waals surface area contributed by atoms with Crippen LogP contribution in [0.25, 0.3) is 0 Å². The second-order valence-corrected chi connectivity index (χ2v) is 3.41. The largest absolute Gasteiger partial charge is 0.422 e. The van der Waals surface area contributed by atoms with Crippen LogP contribution < -0.4 is 0 Å². The van der Waals surface area contributed by atoms with Crippen molar-refractivity contribution < 1.29 is 9.50 Å². The molecular formula is C12H11N2O2+. The van der Waals surface area contributed by atoms with Gasteiger partial charge in [0.2, 0.25) is 0 Å². The van der Waals surface area contributed by atoms with Gasteiger partial charge in [-0.3, -0.25) is 10.1 Å². The fourth-order valence-corrected chi connectivity index (χ4v) is 1.51. The summed E-state index contributed by atoms with van der Waals surface area (Å²) in [5, 5.41) is 10.8. The number of benzene rings is 1. The van der Waals surface area contributed by atoms with Gasteiger partial charge in [-0.05, 0) is 18.2 Å². The number of allylic oxidation sites excluding steroid dienone is 2. The maximum Gasteiger partial charge on any atom is 0.422 e. The summed E-state index contributed by atoms with van der Waals surface area (Å²) in [6, 6.07) is 9.52. The second-order valence-electron chi connectivity index (χ2n) is 3.41. The topological polar surface area (TPSA) is 46.1 Å². The average molecular weight is 215 g/mol. The molecule has 0 aliphatic carbocycles. The molecule has 1 atom stereocenters. The Morgan fingerprint density at radius 3 is 2.69 bits per heavy atom. The summed E-state index contributed by atoms with van der Waals surface area (Å²) in [5.41, 5.74) is 0.939. The molecule has 0 spiro atoms. The minimum Gasteiger partial charge on any atom is -0.258 e. The van der Waals surface area contributed by atoms with Crippen LogP contribution in [-0.2, 0) is 0 Å². The van der Waals surface area contributed by atoms with Gasteiger partial charge in [0.25, 0.3) is 0 Å². The Kier molecular flexibility index (Phi) is 2.91. The smallest absolute Gasteiger partial charge is 0.258 e. The van der Waals surface area contributed by atoms with Crippen LogP contribution >= 0.6 is 0 Å². The Morgan fingerprint density at radius 1 is 1.25 bits per heavy atom. The van der Waals surface area contributed by atoms with E-state index in [9.17, 15) is 10.1 Å². The fraction of sp³-hybridized carbons (Fsp3) is 0.0833. The molecule has 1 aliphatic rings. The summed E-state index contributed by atoms with van der Waals surface area (Å²) in [4.78, 5) is 10.5. The van der Waals surface area contributed by atoms with Crippen molar-refractivity contribution in [2.75, 3.05) is 0 Å². The van der Waals surface area contributed by atoms with Crippen LogP contribution in [0.2, 0.25) is 0 Å². The molecule has 80 valence electrons. The lowest BCUT2D eigenvalue weighted by molar-refractivity contribution is -0.716. The normalized spacial score (nSPS) is 21.2. The SMILES string of the molecule is O=[N+]([O-])C1C=CC=C[N+]1=Cc1ccccc1. The highest BCUT2D eigenvalue weighted by molar-refractivity contribution is 5.75. The Hall–Kier alpha value is -2.23. The van der Waals surface area contributed by atoms with Crippen molar-refractivity contribution in [1.29, 1.82) is 0 Å². The van der Waals surface area contributed by atoms with Gasteiger partial charge in [-0.25, -0.2) is 0 Å². The van der Waals surface area contributed by atoms with Gasteiger partial charge in [0.15, 0.2) is 12.4 Å². The Morgan fingerprint density at radius 2 is 2.00 bits per heavy atom. The van der Waals surface area contributed by atoms with E-state index in [1.807, 2.05) is 30.3 Å². The number of hydrogen-bond donors (Lipinski definition) is 0. The molecule has 1 aliphatic heterocycles. The Bertz CT molecular complexity index is 475. The zero-order valence-electron chi connectivity index (χ0n) is 8.56. The summed E-state index contributed by atoms with van der Waals surface area (Å²) < 4.78 is 1.58. The molecule has 0 saturated heterocycles. The summed E-state index contributed by atoms with van der Waals surface area (Å²) in [6.07, 6.45) is 7.65. The highest BCUT2D eigenvalue weighted by Crippen LogP contribution is 2.04. The highest BCUT2D eigenvalue weighted by Gasteiger charge is 2.28. The van der Waals surface area contributed by atoms with Crippen LogP contribution in [0, 0.1) is 10.1 Å². The van der Waals surface area contributed by atoms with Crippen molar-refractivity contribution in [2.45, 2.75) is 6.17 Å². The zero-order valence-corrected chi connectivity index (χ0v) is 8.56. The lowest BCUT2D eigenvalue weighted by atomic mass is 10.2. The number of rotatable bonds is 2.